The predicted octanol–water partition coefficient (Wildman–Crippen LogP) is 4.73. The molecule has 0 atom stereocenters. The van der Waals surface area contributed by atoms with Gasteiger partial charge in [0, 0.05) is 35.2 Å². The highest BCUT2D eigenvalue weighted by Gasteiger charge is 2.25. The molecule has 5 nitrogen and oxygen atoms in total. The summed E-state index contributed by atoms with van der Waals surface area (Å²) in [5.74, 6) is 0.538. The lowest BCUT2D eigenvalue weighted by Gasteiger charge is -2.32. The highest BCUT2D eigenvalue weighted by molar-refractivity contribution is 5.92. The van der Waals surface area contributed by atoms with Gasteiger partial charge in [-0.1, -0.05) is 19.9 Å². The number of rotatable bonds is 5. The van der Waals surface area contributed by atoms with Crippen LogP contribution in [-0.4, -0.2) is 47.5 Å². The Bertz CT molecular complexity index is 1100. The van der Waals surface area contributed by atoms with E-state index in [1.807, 2.05) is 17.9 Å². The highest BCUT2D eigenvalue weighted by Crippen LogP contribution is 2.39. The van der Waals surface area contributed by atoms with E-state index in [1.54, 1.807) is 7.05 Å². The van der Waals surface area contributed by atoms with Crippen LogP contribution < -0.4 is 5.32 Å². The van der Waals surface area contributed by atoms with Gasteiger partial charge in [0.15, 0.2) is 5.82 Å². The van der Waals surface area contributed by atoms with Crippen LogP contribution in [0.15, 0.2) is 30.5 Å². The maximum absolute atomic E-state index is 14.6. The summed E-state index contributed by atoms with van der Waals surface area (Å²) in [6, 6.07) is 8.37. The number of amides is 1. The summed E-state index contributed by atoms with van der Waals surface area (Å²) in [4.78, 5) is 21.6. The van der Waals surface area contributed by atoms with E-state index in [2.05, 4.69) is 47.3 Å². The maximum atomic E-state index is 14.6. The summed E-state index contributed by atoms with van der Waals surface area (Å²) >= 11 is 0. The van der Waals surface area contributed by atoms with Gasteiger partial charge in [-0.15, -0.1) is 0 Å². The molecule has 1 saturated heterocycles. The number of hydrogen-bond donors (Lipinski definition) is 2. The second-order valence-electron chi connectivity index (χ2n) is 8.86. The van der Waals surface area contributed by atoms with Crippen LogP contribution in [0, 0.1) is 12.7 Å². The fourth-order valence-electron chi connectivity index (χ4n) is 4.76. The van der Waals surface area contributed by atoms with Gasteiger partial charge < -0.3 is 15.2 Å². The molecular formula is C25H31FN4O. The Morgan fingerprint density at radius 1 is 1.29 bits per heavy atom. The Kier molecular flexibility index (Phi) is 6.10. The summed E-state index contributed by atoms with van der Waals surface area (Å²) in [5, 5.41) is 4.10. The summed E-state index contributed by atoms with van der Waals surface area (Å²) in [6.45, 7) is 8.16. The normalized spacial score (nSPS) is 15.2. The maximum Gasteiger partial charge on any atom is 0.236 e. The van der Waals surface area contributed by atoms with E-state index in [1.165, 1.54) is 11.8 Å². The van der Waals surface area contributed by atoms with Crippen LogP contribution in [0.4, 0.5) is 4.39 Å². The van der Waals surface area contributed by atoms with Crippen LogP contribution in [0.5, 0.6) is 0 Å². The summed E-state index contributed by atoms with van der Waals surface area (Å²) in [7, 11) is 1.80. The third kappa shape index (κ3) is 4.22. The first-order valence-corrected chi connectivity index (χ1v) is 11.1. The third-order valence-electron chi connectivity index (χ3n) is 6.35. The lowest BCUT2D eigenvalue weighted by atomic mass is 9.87. The van der Waals surface area contributed by atoms with E-state index < -0.39 is 0 Å². The number of nitrogens with one attached hydrogen (secondary N) is 2. The number of likely N-dealkylation sites (N-methyl/N-ethyl adjacent to an activating group) is 1. The van der Waals surface area contributed by atoms with Crippen molar-refractivity contribution in [2.24, 2.45) is 0 Å². The van der Waals surface area contributed by atoms with E-state index >= 15 is 0 Å². The number of carbonyl (C=O) groups is 1. The number of carbonyl (C=O) groups excluding carboxylic acids is 1. The quantitative estimate of drug-likeness (QED) is 0.625. The number of fused-ring (bicyclic) bond motifs is 1. The summed E-state index contributed by atoms with van der Waals surface area (Å²) in [6.07, 6.45) is 3.23. The van der Waals surface area contributed by atoms with E-state index in [9.17, 15) is 9.18 Å². The highest BCUT2D eigenvalue weighted by atomic mass is 19.1. The average Bonchev–Trinajstić information content (AvgIpc) is 3.14. The Morgan fingerprint density at radius 3 is 2.71 bits per heavy atom. The van der Waals surface area contributed by atoms with Crippen molar-refractivity contribution in [3.63, 3.8) is 0 Å². The van der Waals surface area contributed by atoms with Crippen molar-refractivity contribution in [2.45, 2.75) is 45.4 Å². The number of benzene rings is 1. The molecule has 31 heavy (non-hydrogen) atoms. The molecule has 0 saturated carbocycles. The van der Waals surface area contributed by atoms with Crippen molar-refractivity contribution in [2.75, 3.05) is 26.7 Å². The summed E-state index contributed by atoms with van der Waals surface area (Å²) < 4.78 is 14.6. The Morgan fingerprint density at radius 2 is 2.03 bits per heavy atom. The minimum absolute atomic E-state index is 0.170. The molecule has 1 aliphatic rings. The number of pyridine rings is 1. The molecule has 3 heterocycles. The molecule has 2 N–H and O–H groups in total. The predicted molar refractivity (Wildman–Crippen MR) is 123 cm³/mol. The molecule has 0 bridgehead atoms. The fraction of sp³-hybridized carbons (Fsp3) is 0.440. The van der Waals surface area contributed by atoms with Gasteiger partial charge in [0.2, 0.25) is 5.91 Å². The molecule has 0 radical (unpaired) electrons. The number of H-pyrrole nitrogens is 1. The number of aryl methyl sites for hydroxylation is 1. The molecule has 164 valence electrons. The zero-order valence-electron chi connectivity index (χ0n) is 18.8. The first-order chi connectivity index (χ1) is 14.9. The molecule has 1 aliphatic heterocycles. The van der Waals surface area contributed by atoms with Gasteiger partial charge in [-0.05, 0) is 68.0 Å². The van der Waals surface area contributed by atoms with Crippen molar-refractivity contribution in [3.8, 4) is 11.3 Å². The topological polar surface area (TPSA) is 61.0 Å². The molecular weight excluding hydrogens is 391 g/mol. The monoisotopic (exact) mass is 422 g/mol. The second-order valence-corrected chi connectivity index (χ2v) is 8.86. The number of aromatic nitrogens is 2. The van der Waals surface area contributed by atoms with Crippen LogP contribution in [0.25, 0.3) is 22.2 Å². The van der Waals surface area contributed by atoms with Crippen molar-refractivity contribution >= 4 is 16.8 Å². The average molecular weight is 423 g/mol. The van der Waals surface area contributed by atoms with E-state index in [0.717, 1.165) is 53.8 Å². The van der Waals surface area contributed by atoms with Gasteiger partial charge in [-0.25, -0.2) is 4.39 Å². The number of hydrogen-bond acceptors (Lipinski definition) is 3. The minimum atomic E-state index is -0.308. The van der Waals surface area contributed by atoms with Gasteiger partial charge in [-0.2, -0.15) is 0 Å². The van der Waals surface area contributed by atoms with Crippen molar-refractivity contribution < 1.29 is 9.18 Å². The van der Waals surface area contributed by atoms with E-state index in [-0.39, 0.29) is 17.6 Å². The second kappa shape index (κ2) is 8.79. The number of halogens is 1. The zero-order valence-corrected chi connectivity index (χ0v) is 18.8. The zero-order chi connectivity index (χ0) is 22.1. The van der Waals surface area contributed by atoms with Crippen LogP contribution in [0.2, 0.25) is 0 Å². The van der Waals surface area contributed by atoms with Gasteiger partial charge in [0.25, 0.3) is 0 Å². The molecule has 4 rings (SSSR count). The van der Waals surface area contributed by atoms with Gasteiger partial charge in [-0.3, -0.25) is 9.78 Å². The van der Waals surface area contributed by atoms with Crippen molar-refractivity contribution in [3.05, 3.63) is 53.1 Å². The standard InChI is InChI=1S/C25H31FN4O/c1-15(2)24-20-12-18(17-7-9-30(10-8-17)23(31)14-27-4)5-6-22(20)29-25(24)19-11-16(3)28-13-21(19)26/h5-6,11-13,15,17,27,29H,7-10,14H2,1-4H3. The Balaban J connectivity index is 1.68. The Labute approximate surface area is 183 Å². The lowest BCUT2D eigenvalue weighted by molar-refractivity contribution is -0.131. The van der Waals surface area contributed by atoms with Crippen LogP contribution in [-0.2, 0) is 4.79 Å². The number of likely N-dealkylation sites (tertiary alicyclic amines) is 1. The molecule has 1 fully saturated rings. The van der Waals surface area contributed by atoms with E-state index in [4.69, 9.17) is 0 Å². The van der Waals surface area contributed by atoms with Crippen molar-refractivity contribution in [1.82, 2.24) is 20.2 Å². The molecule has 1 amide bonds. The first-order valence-electron chi connectivity index (χ1n) is 11.1. The largest absolute Gasteiger partial charge is 0.354 e. The molecule has 6 heteroatoms. The molecule has 2 aromatic heterocycles. The van der Waals surface area contributed by atoms with Crippen molar-refractivity contribution in [1.29, 1.82) is 0 Å². The fourth-order valence-corrected chi connectivity index (χ4v) is 4.76. The molecule has 3 aromatic rings. The number of aromatic amines is 1. The van der Waals surface area contributed by atoms with Crippen LogP contribution in [0.1, 0.15) is 55.3 Å². The molecule has 1 aromatic carbocycles. The number of piperidine rings is 1. The van der Waals surface area contributed by atoms with Crippen LogP contribution >= 0.6 is 0 Å². The summed E-state index contributed by atoms with van der Waals surface area (Å²) in [5.41, 5.74) is 5.68. The van der Waals surface area contributed by atoms with E-state index in [0.29, 0.717) is 18.0 Å². The third-order valence-corrected chi connectivity index (χ3v) is 6.35. The van der Waals surface area contributed by atoms with Gasteiger partial charge in [0.05, 0.1) is 18.4 Å². The Hall–Kier alpha value is -2.73. The smallest absolute Gasteiger partial charge is 0.236 e. The molecule has 0 aliphatic carbocycles. The van der Waals surface area contributed by atoms with Gasteiger partial charge in [0.1, 0.15) is 0 Å². The lowest BCUT2D eigenvalue weighted by Crippen LogP contribution is -2.41. The minimum Gasteiger partial charge on any atom is -0.354 e. The first kappa shape index (κ1) is 21.5. The SMILES string of the molecule is CNCC(=O)N1CCC(c2ccc3[nH]c(-c4cc(C)ncc4F)c(C(C)C)c3c2)CC1. The van der Waals surface area contributed by atoms with Crippen LogP contribution in [0.3, 0.4) is 0 Å². The van der Waals surface area contributed by atoms with Gasteiger partial charge >= 0.3 is 0 Å². The number of nitrogens with zero attached hydrogens (tertiary/aromatic N) is 2. The molecule has 0 unspecified atom stereocenters. The molecule has 0 spiro atoms.